The number of fused-ring (bicyclic) bond motifs is 1. The maximum atomic E-state index is 5.81. The molecule has 1 aromatic carbocycles. The highest BCUT2D eigenvalue weighted by molar-refractivity contribution is 5.82. The molecule has 4 heteroatoms. The largest absolute Gasteiger partial charge is 0.461 e. The van der Waals surface area contributed by atoms with Crippen LogP contribution in [-0.2, 0) is 22.5 Å². The maximum absolute atomic E-state index is 5.81. The lowest BCUT2D eigenvalue weighted by Gasteiger charge is -2.05. The van der Waals surface area contributed by atoms with Gasteiger partial charge in [0.05, 0.1) is 19.8 Å². The van der Waals surface area contributed by atoms with Crippen molar-refractivity contribution in [3.8, 4) is 0 Å². The number of para-hydroxylation sites is 1. The summed E-state index contributed by atoms with van der Waals surface area (Å²) in [6.45, 7) is 3.85. The zero-order valence-electron chi connectivity index (χ0n) is 10.9. The molecule has 0 unspecified atom stereocenters. The van der Waals surface area contributed by atoms with E-state index in [1.165, 1.54) is 5.56 Å². The summed E-state index contributed by atoms with van der Waals surface area (Å²) < 4.78 is 10.7. The van der Waals surface area contributed by atoms with Gasteiger partial charge in [-0.05, 0) is 6.07 Å². The summed E-state index contributed by atoms with van der Waals surface area (Å²) in [5.74, 6) is 1.01. The zero-order valence-corrected chi connectivity index (χ0v) is 10.9. The van der Waals surface area contributed by atoms with Crippen LogP contribution in [0.25, 0.3) is 11.0 Å². The Hall–Kier alpha value is -1.36. The fourth-order valence-corrected chi connectivity index (χ4v) is 1.95. The summed E-state index contributed by atoms with van der Waals surface area (Å²) in [5.41, 5.74) is 5.05. The lowest BCUT2D eigenvalue weighted by Crippen LogP contribution is -2.17. The number of hydrogen-bond donors (Lipinski definition) is 1. The van der Waals surface area contributed by atoms with Gasteiger partial charge in [-0.1, -0.05) is 25.1 Å². The van der Waals surface area contributed by atoms with Crippen molar-refractivity contribution in [3.63, 3.8) is 0 Å². The van der Waals surface area contributed by atoms with Crippen molar-refractivity contribution >= 4 is 11.0 Å². The summed E-state index contributed by atoms with van der Waals surface area (Å²) >= 11 is 0. The van der Waals surface area contributed by atoms with Gasteiger partial charge in [-0.2, -0.15) is 5.48 Å². The molecule has 0 aliphatic carbocycles. The van der Waals surface area contributed by atoms with Gasteiger partial charge in [-0.15, -0.1) is 0 Å². The van der Waals surface area contributed by atoms with Crippen LogP contribution in [0.5, 0.6) is 0 Å². The van der Waals surface area contributed by atoms with Gasteiger partial charge in [-0.3, -0.25) is 4.84 Å². The third-order valence-electron chi connectivity index (χ3n) is 2.84. The number of benzene rings is 1. The predicted octanol–water partition coefficient (Wildman–Crippen LogP) is 2.66. The molecule has 0 aliphatic rings. The minimum Gasteiger partial charge on any atom is -0.461 e. The van der Waals surface area contributed by atoms with Crippen LogP contribution in [0.3, 0.4) is 0 Å². The van der Waals surface area contributed by atoms with Crippen molar-refractivity contribution in [2.75, 3.05) is 20.3 Å². The first-order chi connectivity index (χ1) is 8.86. The van der Waals surface area contributed by atoms with Crippen molar-refractivity contribution in [1.29, 1.82) is 0 Å². The van der Waals surface area contributed by atoms with E-state index in [4.69, 9.17) is 14.0 Å². The summed E-state index contributed by atoms with van der Waals surface area (Å²) in [5, 5.41) is 1.15. The molecule has 18 heavy (non-hydrogen) atoms. The fourth-order valence-electron chi connectivity index (χ4n) is 1.95. The third kappa shape index (κ3) is 2.90. The number of methoxy groups -OCH3 is 1. The number of ether oxygens (including phenoxy) is 1. The molecule has 0 fully saturated rings. The van der Waals surface area contributed by atoms with E-state index < -0.39 is 0 Å². The molecule has 0 saturated carbocycles. The Balaban J connectivity index is 2.06. The Morgan fingerprint density at radius 2 is 2.06 bits per heavy atom. The van der Waals surface area contributed by atoms with Gasteiger partial charge in [0.25, 0.3) is 0 Å². The molecule has 2 aromatic rings. The number of hydroxylamine groups is 1. The van der Waals surface area contributed by atoms with Crippen molar-refractivity contribution in [2.45, 2.75) is 19.9 Å². The molecule has 1 N–H and O–H groups in total. The second-order valence-corrected chi connectivity index (χ2v) is 4.02. The van der Waals surface area contributed by atoms with Crippen LogP contribution in [0, 0.1) is 0 Å². The maximum Gasteiger partial charge on any atom is 0.134 e. The van der Waals surface area contributed by atoms with Crippen LogP contribution in [0.2, 0.25) is 0 Å². The summed E-state index contributed by atoms with van der Waals surface area (Å²) in [4.78, 5) is 5.28. The van der Waals surface area contributed by atoms with Crippen LogP contribution in [0.1, 0.15) is 18.2 Å². The van der Waals surface area contributed by atoms with Crippen molar-refractivity contribution in [3.05, 3.63) is 35.6 Å². The molecule has 0 radical (unpaired) electrons. The fraction of sp³-hybridized carbons (Fsp3) is 0.429. The van der Waals surface area contributed by atoms with Crippen LogP contribution >= 0.6 is 0 Å². The van der Waals surface area contributed by atoms with Crippen LogP contribution < -0.4 is 5.48 Å². The SMILES string of the molecule is CCc1oc2ccccc2c1CNOCCOC. The molecule has 0 atom stereocenters. The minimum atomic E-state index is 0.535. The van der Waals surface area contributed by atoms with Gasteiger partial charge in [-0.25, -0.2) is 0 Å². The second-order valence-electron chi connectivity index (χ2n) is 4.02. The van der Waals surface area contributed by atoms with E-state index in [2.05, 4.69) is 18.5 Å². The van der Waals surface area contributed by atoms with Crippen LogP contribution in [0.4, 0.5) is 0 Å². The molecule has 0 saturated heterocycles. The monoisotopic (exact) mass is 249 g/mol. The molecule has 1 heterocycles. The topological polar surface area (TPSA) is 43.6 Å². The standard InChI is InChI=1S/C14H19NO3/c1-3-13-12(10-15-17-9-8-16-2)11-6-4-5-7-14(11)18-13/h4-7,15H,3,8-10H2,1-2H3. The van der Waals surface area contributed by atoms with Gasteiger partial charge in [0.15, 0.2) is 0 Å². The molecule has 0 aliphatic heterocycles. The molecule has 2 rings (SSSR count). The van der Waals surface area contributed by atoms with Gasteiger partial charge >= 0.3 is 0 Å². The lowest BCUT2D eigenvalue weighted by atomic mass is 10.1. The first-order valence-corrected chi connectivity index (χ1v) is 6.19. The number of furan rings is 1. The number of nitrogens with one attached hydrogen (secondary N) is 1. The second kappa shape index (κ2) is 6.54. The molecule has 4 nitrogen and oxygen atoms in total. The van der Waals surface area contributed by atoms with Crippen molar-refractivity contribution in [1.82, 2.24) is 5.48 Å². The first kappa shape index (κ1) is 13.1. The molecule has 0 spiro atoms. The van der Waals surface area contributed by atoms with Crippen molar-refractivity contribution < 1.29 is 14.0 Å². The van der Waals surface area contributed by atoms with Gasteiger partial charge < -0.3 is 9.15 Å². The van der Waals surface area contributed by atoms with Crippen LogP contribution in [0.15, 0.2) is 28.7 Å². The van der Waals surface area contributed by atoms with E-state index in [0.29, 0.717) is 19.8 Å². The summed E-state index contributed by atoms with van der Waals surface area (Å²) in [7, 11) is 1.65. The van der Waals surface area contributed by atoms with Gasteiger partial charge in [0, 0.05) is 24.5 Å². The quantitative estimate of drug-likeness (QED) is 0.605. The Morgan fingerprint density at radius 1 is 1.22 bits per heavy atom. The van der Waals surface area contributed by atoms with E-state index in [0.717, 1.165) is 23.2 Å². The normalized spacial score (nSPS) is 11.2. The Labute approximate surface area is 107 Å². The van der Waals surface area contributed by atoms with E-state index in [-0.39, 0.29) is 0 Å². The van der Waals surface area contributed by atoms with E-state index in [9.17, 15) is 0 Å². The van der Waals surface area contributed by atoms with Gasteiger partial charge in [0.1, 0.15) is 11.3 Å². The predicted molar refractivity (Wildman–Crippen MR) is 70.3 cm³/mol. The van der Waals surface area contributed by atoms with E-state index in [1.807, 2.05) is 18.2 Å². The molecule has 0 bridgehead atoms. The number of hydrogen-bond acceptors (Lipinski definition) is 4. The zero-order chi connectivity index (χ0) is 12.8. The Morgan fingerprint density at radius 3 is 2.83 bits per heavy atom. The molecule has 0 amide bonds. The third-order valence-corrected chi connectivity index (χ3v) is 2.84. The van der Waals surface area contributed by atoms with E-state index >= 15 is 0 Å². The summed E-state index contributed by atoms with van der Waals surface area (Å²) in [6.07, 6.45) is 0.879. The molecule has 1 aromatic heterocycles. The lowest BCUT2D eigenvalue weighted by molar-refractivity contribution is 0.00342. The molecular weight excluding hydrogens is 230 g/mol. The average Bonchev–Trinajstić information content (AvgIpc) is 2.77. The van der Waals surface area contributed by atoms with Crippen LogP contribution in [-0.4, -0.2) is 20.3 Å². The Bertz CT molecular complexity index is 493. The number of rotatable bonds is 7. The average molecular weight is 249 g/mol. The van der Waals surface area contributed by atoms with E-state index in [1.54, 1.807) is 7.11 Å². The highest BCUT2D eigenvalue weighted by atomic mass is 16.7. The highest BCUT2D eigenvalue weighted by Crippen LogP contribution is 2.25. The minimum absolute atomic E-state index is 0.535. The smallest absolute Gasteiger partial charge is 0.134 e. The summed E-state index contributed by atoms with van der Waals surface area (Å²) in [6, 6.07) is 8.07. The highest BCUT2D eigenvalue weighted by Gasteiger charge is 2.11. The molecular formula is C14H19NO3. The first-order valence-electron chi connectivity index (χ1n) is 6.19. The molecule has 98 valence electrons. The number of aryl methyl sites for hydroxylation is 1. The van der Waals surface area contributed by atoms with Gasteiger partial charge in [0.2, 0.25) is 0 Å². The Kier molecular flexibility index (Phi) is 4.75. The van der Waals surface area contributed by atoms with Crippen molar-refractivity contribution in [2.24, 2.45) is 0 Å².